The quantitative estimate of drug-likeness (QED) is 0.173. The summed E-state index contributed by atoms with van der Waals surface area (Å²) in [4.78, 5) is 8.93. The van der Waals surface area contributed by atoms with Gasteiger partial charge in [0.15, 0.2) is 0 Å². The van der Waals surface area contributed by atoms with Gasteiger partial charge in [0.2, 0.25) is 0 Å². The zero-order valence-corrected chi connectivity index (χ0v) is 23.8. The molecule has 0 atom stereocenters. The van der Waals surface area contributed by atoms with E-state index in [2.05, 4.69) is 99.5 Å². The normalized spacial score (nSPS) is 11.4. The van der Waals surface area contributed by atoms with E-state index in [0.29, 0.717) is 0 Å². The zero-order valence-electron chi connectivity index (χ0n) is 20.6. The first-order chi connectivity index (χ1) is 18.8. The van der Waals surface area contributed by atoms with Crippen LogP contribution in [0.25, 0.3) is 70.0 Å². The Balaban J connectivity index is 0.00000253. The van der Waals surface area contributed by atoms with Crippen LogP contribution in [0.15, 0.2) is 122 Å². The van der Waals surface area contributed by atoms with Gasteiger partial charge < -0.3 is 9.55 Å². The van der Waals surface area contributed by atoms with Crippen LogP contribution in [-0.4, -0.2) is 14.5 Å². The Bertz CT molecular complexity index is 2130. The third-order valence-corrected chi connectivity index (χ3v) is 8.38. The van der Waals surface area contributed by atoms with Gasteiger partial charge in [-0.2, -0.15) is 0 Å². The minimum absolute atomic E-state index is 0. The summed E-state index contributed by atoms with van der Waals surface area (Å²) < 4.78 is 4.93. The SMILES string of the molecule is [Ir].[c-]1ccc(-c2ccc3c(c2)c2cc4c(cc2n3-c2ccccc2)sc2ccncc24)cc1-c1ccccn1. The van der Waals surface area contributed by atoms with Crippen molar-refractivity contribution in [3.63, 3.8) is 0 Å². The molecule has 1 radical (unpaired) electrons. The molecule has 0 saturated carbocycles. The summed E-state index contributed by atoms with van der Waals surface area (Å²) >= 11 is 1.83. The Morgan fingerprint density at radius 2 is 1.49 bits per heavy atom. The monoisotopic (exact) mass is 695 g/mol. The van der Waals surface area contributed by atoms with E-state index in [9.17, 15) is 0 Å². The molecular formula is C34H20IrN3S-. The van der Waals surface area contributed by atoms with Crippen molar-refractivity contribution in [3.8, 4) is 28.1 Å². The first-order valence-corrected chi connectivity index (χ1v) is 13.4. The topological polar surface area (TPSA) is 30.7 Å². The van der Waals surface area contributed by atoms with Crippen molar-refractivity contribution in [2.45, 2.75) is 0 Å². The predicted octanol–water partition coefficient (Wildman–Crippen LogP) is 9.07. The first kappa shape index (κ1) is 23.9. The van der Waals surface area contributed by atoms with Crippen molar-refractivity contribution >= 4 is 53.3 Å². The van der Waals surface area contributed by atoms with Crippen LogP contribution in [0.3, 0.4) is 0 Å². The average Bonchev–Trinajstić information content (AvgIpc) is 3.51. The summed E-state index contributed by atoms with van der Waals surface area (Å²) in [7, 11) is 0. The molecule has 5 heteroatoms. The number of hydrogen-bond acceptors (Lipinski definition) is 3. The number of rotatable bonds is 3. The molecule has 0 aliphatic heterocycles. The number of pyridine rings is 2. The van der Waals surface area contributed by atoms with E-state index in [4.69, 9.17) is 0 Å². The number of hydrogen-bond donors (Lipinski definition) is 0. The van der Waals surface area contributed by atoms with E-state index < -0.39 is 0 Å². The fourth-order valence-electron chi connectivity index (χ4n) is 5.48. The van der Waals surface area contributed by atoms with Crippen molar-refractivity contribution in [2.24, 2.45) is 0 Å². The van der Waals surface area contributed by atoms with Crippen molar-refractivity contribution in [2.75, 3.05) is 0 Å². The molecule has 0 unspecified atom stereocenters. The maximum absolute atomic E-state index is 4.52. The molecule has 0 fully saturated rings. The molecule has 8 rings (SSSR count). The fourth-order valence-corrected chi connectivity index (χ4v) is 6.57. The summed E-state index contributed by atoms with van der Waals surface area (Å²) in [6.45, 7) is 0. The van der Waals surface area contributed by atoms with E-state index in [1.165, 1.54) is 47.5 Å². The summed E-state index contributed by atoms with van der Waals surface area (Å²) in [6.07, 6.45) is 5.69. The minimum atomic E-state index is 0. The van der Waals surface area contributed by atoms with Gasteiger partial charge in [0.1, 0.15) is 0 Å². The van der Waals surface area contributed by atoms with Gasteiger partial charge in [0.05, 0.1) is 11.0 Å². The molecule has 0 amide bonds. The number of aromatic nitrogens is 3. The Labute approximate surface area is 242 Å². The second-order valence-electron chi connectivity index (χ2n) is 9.45. The maximum atomic E-state index is 4.52. The molecule has 0 saturated heterocycles. The minimum Gasteiger partial charge on any atom is -0.309 e. The number of fused-ring (bicyclic) bond motifs is 6. The second kappa shape index (κ2) is 9.55. The van der Waals surface area contributed by atoms with Crippen LogP contribution < -0.4 is 0 Å². The molecule has 0 aliphatic rings. The average molecular weight is 695 g/mol. The van der Waals surface area contributed by atoms with Crippen LogP contribution in [0.4, 0.5) is 0 Å². The van der Waals surface area contributed by atoms with E-state index >= 15 is 0 Å². The number of thiophene rings is 1. The van der Waals surface area contributed by atoms with Gasteiger partial charge >= 0.3 is 0 Å². The van der Waals surface area contributed by atoms with E-state index in [-0.39, 0.29) is 20.1 Å². The molecule has 187 valence electrons. The molecule has 4 aromatic heterocycles. The molecule has 8 aromatic rings. The number of nitrogens with zero attached hydrogens (tertiary/aromatic N) is 3. The Morgan fingerprint density at radius 1 is 0.641 bits per heavy atom. The molecule has 4 aromatic carbocycles. The van der Waals surface area contributed by atoms with Crippen LogP contribution in [0.1, 0.15) is 0 Å². The third kappa shape index (κ3) is 3.90. The summed E-state index contributed by atoms with van der Waals surface area (Å²) in [5.41, 5.74) is 7.82. The molecular weight excluding hydrogens is 675 g/mol. The summed E-state index contributed by atoms with van der Waals surface area (Å²) in [6, 6.07) is 39.9. The van der Waals surface area contributed by atoms with Gasteiger partial charge in [-0.3, -0.25) is 4.98 Å². The molecule has 0 aliphatic carbocycles. The zero-order chi connectivity index (χ0) is 25.1. The first-order valence-electron chi connectivity index (χ1n) is 12.6. The standard InChI is InChI=1S/C34H20N3S.Ir/c1-2-9-25(10-3-1)37-31-13-12-23(22-7-6-8-24(17-22)30-11-4-5-15-36-30)18-26(31)27-19-28-29-21-35-16-14-33(29)38-34(28)20-32(27)37;/h1-7,9-21H;/q-1;. The van der Waals surface area contributed by atoms with Gasteiger partial charge in [-0.05, 0) is 59.8 Å². The summed E-state index contributed by atoms with van der Waals surface area (Å²) in [5.74, 6) is 0. The molecule has 0 bridgehead atoms. The molecule has 4 heterocycles. The summed E-state index contributed by atoms with van der Waals surface area (Å²) in [5, 5.41) is 4.95. The van der Waals surface area contributed by atoms with Crippen LogP contribution in [-0.2, 0) is 20.1 Å². The van der Waals surface area contributed by atoms with E-state index in [0.717, 1.165) is 22.5 Å². The molecule has 0 N–H and O–H groups in total. The fraction of sp³-hybridized carbons (Fsp3) is 0. The van der Waals surface area contributed by atoms with Crippen molar-refractivity contribution in [3.05, 3.63) is 128 Å². The van der Waals surface area contributed by atoms with Gasteiger partial charge in [0, 0.05) is 75.3 Å². The third-order valence-electron chi connectivity index (χ3n) is 7.25. The van der Waals surface area contributed by atoms with E-state index in [1.54, 1.807) is 0 Å². The predicted molar refractivity (Wildman–Crippen MR) is 159 cm³/mol. The number of benzene rings is 4. The maximum Gasteiger partial charge on any atom is 0.0555 e. The molecule has 39 heavy (non-hydrogen) atoms. The smallest absolute Gasteiger partial charge is 0.0555 e. The van der Waals surface area contributed by atoms with Crippen molar-refractivity contribution in [1.29, 1.82) is 0 Å². The van der Waals surface area contributed by atoms with Crippen molar-refractivity contribution < 1.29 is 20.1 Å². The van der Waals surface area contributed by atoms with Crippen LogP contribution >= 0.6 is 11.3 Å². The van der Waals surface area contributed by atoms with Gasteiger partial charge in [-0.1, -0.05) is 36.4 Å². The van der Waals surface area contributed by atoms with Crippen molar-refractivity contribution in [1.82, 2.24) is 14.5 Å². The van der Waals surface area contributed by atoms with Crippen LogP contribution in [0, 0.1) is 6.07 Å². The second-order valence-corrected chi connectivity index (χ2v) is 10.5. The van der Waals surface area contributed by atoms with Gasteiger partial charge in [-0.15, -0.1) is 46.7 Å². The van der Waals surface area contributed by atoms with Crippen LogP contribution in [0.2, 0.25) is 0 Å². The largest absolute Gasteiger partial charge is 0.309 e. The Hall–Kier alpha value is -4.15. The molecule has 3 nitrogen and oxygen atoms in total. The Kier molecular flexibility index (Phi) is 5.86. The van der Waals surface area contributed by atoms with Gasteiger partial charge in [-0.25, -0.2) is 0 Å². The molecule has 0 spiro atoms. The van der Waals surface area contributed by atoms with Gasteiger partial charge in [0.25, 0.3) is 0 Å². The van der Waals surface area contributed by atoms with E-state index in [1.807, 2.05) is 54.2 Å². The number of para-hydroxylation sites is 1. The Morgan fingerprint density at radius 3 is 2.36 bits per heavy atom. The van der Waals surface area contributed by atoms with Crippen LogP contribution in [0.5, 0.6) is 0 Å².